The van der Waals surface area contributed by atoms with Crippen LogP contribution in [0.1, 0.15) is 21.7 Å². The van der Waals surface area contributed by atoms with Gasteiger partial charge in [-0.3, -0.25) is 9.79 Å². The maximum absolute atomic E-state index is 13.0. The van der Waals surface area contributed by atoms with Gasteiger partial charge in [0.05, 0.1) is 29.2 Å². The summed E-state index contributed by atoms with van der Waals surface area (Å²) in [6.07, 6.45) is 3.22. The molecule has 0 unspecified atom stereocenters. The number of hydrogen-bond acceptors (Lipinski definition) is 8. The molecule has 4 heterocycles. The number of aromatic amines is 1. The van der Waals surface area contributed by atoms with E-state index in [1.165, 1.54) is 6.33 Å². The summed E-state index contributed by atoms with van der Waals surface area (Å²) < 4.78 is 6.05. The number of aliphatic imine (C=N–C) groups is 1. The Labute approximate surface area is 187 Å². The normalized spacial score (nSPS) is 12.5. The minimum atomic E-state index is -0.134. The summed E-state index contributed by atoms with van der Waals surface area (Å²) in [6.45, 7) is 1.91. The van der Waals surface area contributed by atoms with E-state index in [9.17, 15) is 4.79 Å². The maximum Gasteiger partial charge on any atom is 0.271 e. The number of aromatic nitrogens is 4. The first kappa shape index (κ1) is 21.2. The van der Waals surface area contributed by atoms with Crippen molar-refractivity contribution in [2.45, 2.75) is 6.54 Å². The number of rotatable bonds is 7. The first-order valence-electron chi connectivity index (χ1n) is 9.66. The molecule has 0 fully saturated rings. The molecule has 0 saturated carbocycles. The number of halogens is 1. The van der Waals surface area contributed by atoms with Crippen LogP contribution < -0.4 is 10.1 Å². The Kier molecular flexibility index (Phi) is 5.88. The number of nitrogens with zero attached hydrogens (tertiary/aromatic N) is 6. The molecule has 0 atom stereocenters. The van der Waals surface area contributed by atoms with Crippen LogP contribution in [0.5, 0.6) is 5.88 Å². The number of carbonyl (C=O) groups is 1. The highest BCUT2D eigenvalue weighted by molar-refractivity contribution is 9.10. The Balaban J connectivity index is 1.69. The average molecular weight is 487 g/mol. The second kappa shape index (κ2) is 8.60. The Bertz CT molecular complexity index is 1170. The quantitative estimate of drug-likeness (QED) is 0.527. The van der Waals surface area contributed by atoms with Crippen LogP contribution in [0, 0.1) is 0 Å². The van der Waals surface area contributed by atoms with Gasteiger partial charge in [-0.05, 0) is 36.1 Å². The number of nitrogens with one attached hydrogen (secondary N) is 2. The summed E-state index contributed by atoms with van der Waals surface area (Å²) in [4.78, 5) is 37.3. The van der Waals surface area contributed by atoms with Crippen molar-refractivity contribution in [3.63, 3.8) is 0 Å². The van der Waals surface area contributed by atoms with Crippen molar-refractivity contribution in [2.24, 2.45) is 4.99 Å². The molecule has 162 valence electrons. The first-order chi connectivity index (χ1) is 14.9. The summed E-state index contributed by atoms with van der Waals surface area (Å²) >= 11 is 3.57. The van der Waals surface area contributed by atoms with E-state index in [1.807, 2.05) is 25.1 Å². The molecule has 11 heteroatoms. The number of H-pyrrole nitrogens is 1. The first-order valence-corrected chi connectivity index (χ1v) is 10.5. The van der Waals surface area contributed by atoms with Gasteiger partial charge in [0.25, 0.3) is 5.91 Å². The van der Waals surface area contributed by atoms with Gasteiger partial charge >= 0.3 is 0 Å². The van der Waals surface area contributed by atoms with E-state index in [0.29, 0.717) is 51.7 Å². The van der Waals surface area contributed by atoms with Crippen LogP contribution in [-0.4, -0.2) is 83.2 Å². The van der Waals surface area contributed by atoms with Crippen LogP contribution >= 0.6 is 15.9 Å². The van der Waals surface area contributed by atoms with E-state index in [0.717, 1.165) is 17.8 Å². The van der Waals surface area contributed by atoms with Crippen LogP contribution in [0.3, 0.4) is 0 Å². The van der Waals surface area contributed by atoms with E-state index in [4.69, 9.17) is 4.74 Å². The number of likely N-dealkylation sites (N-methyl/N-ethyl adjacent to an activating group) is 2. The third kappa shape index (κ3) is 4.10. The predicted octanol–water partition coefficient (Wildman–Crippen LogP) is 2.43. The highest BCUT2D eigenvalue weighted by Crippen LogP contribution is 2.35. The average Bonchev–Trinajstić information content (AvgIpc) is 3.35. The molecular weight excluding hydrogens is 464 g/mol. The third-order valence-corrected chi connectivity index (χ3v) is 5.78. The van der Waals surface area contributed by atoms with E-state index < -0.39 is 0 Å². The van der Waals surface area contributed by atoms with Crippen molar-refractivity contribution in [3.8, 4) is 5.88 Å². The van der Waals surface area contributed by atoms with Gasteiger partial charge in [0.2, 0.25) is 5.88 Å². The van der Waals surface area contributed by atoms with Gasteiger partial charge in [0, 0.05) is 31.9 Å². The third-order valence-electron chi connectivity index (χ3n) is 4.99. The lowest BCUT2D eigenvalue weighted by atomic mass is 10.2. The molecule has 0 bridgehead atoms. The van der Waals surface area contributed by atoms with Crippen LogP contribution in [-0.2, 0) is 6.54 Å². The zero-order chi connectivity index (χ0) is 22.1. The molecule has 3 aromatic rings. The minimum absolute atomic E-state index is 0.134. The summed E-state index contributed by atoms with van der Waals surface area (Å²) in [6, 6.07) is 1.92. The summed E-state index contributed by atoms with van der Waals surface area (Å²) in [5.41, 5.74) is 3.42. The Morgan fingerprint density at radius 3 is 2.84 bits per heavy atom. The molecule has 31 heavy (non-hydrogen) atoms. The summed E-state index contributed by atoms with van der Waals surface area (Å²) in [5, 5.41) is 3.95. The summed E-state index contributed by atoms with van der Waals surface area (Å²) in [7, 11) is 7.28. The Morgan fingerprint density at radius 2 is 2.10 bits per heavy atom. The van der Waals surface area contributed by atoms with Gasteiger partial charge in [-0.25, -0.2) is 15.0 Å². The number of methoxy groups -OCH3 is 1. The van der Waals surface area contributed by atoms with E-state index in [2.05, 4.69) is 46.2 Å². The minimum Gasteiger partial charge on any atom is -0.480 e. The highest BCUT2D eigenvalue weighted by atomic mass is 79.9. The van der Waals surface area contributed by atoms with E-state index >= 15 is 0 Å². The second-order valence-corrected chi connectivity index (χ2v) is 8.26. The Morgan fingerprint density at radius 1 is 1.29 bits per heavy atom. The van der Waals surface area contributed by atoms with Crippen molar-refractivity contribution in [2.75, 3.05) is 46.7 Å². The molecule has 0 saturated heterocycles. The maximum atomic E-state index is 13.0. The zero-order valence-corrected chi connectivity index (χ0v) is 19.3. The molecule has 0 radical (unpaired) electrons. The number of ether oxygens (including phenoxy) is 1. The molecule has 0 aromatic carbocycles. The van der Waals surface area contributed by atoms with E-state index in [-0.39, 0.29) is 5.91 Å². The summed E-state index contributed by atoms with van der Waals surface area (Å²) in [5.74, 6) is 0.839. The molecule has 1 aliphatic heterocycles. The molecule has 2 N–H and O–H groups in total. The lowest BCUT2D eigenvalue weighted by Gasteiger charge is -2.19. The van der Waals surface area contributed by atoms with Gasteiger partial charge in [-0.15, -0.1) is 0 Å². The molecule has 1 amide bonds. The number of hydrogen-bond donors (Lipinski definition) is 2. The lowest BCUT2D eigenvalue weighted by molar-refractivity contribution is 0.0780. The predicted molar refractivity (Wildman–Crippen MR) is 122 cm³/mol. The van der Waals surface area contributed by atoms with Gasteiger partial charge < -0.3 is 24.8 Å². The van der Waals surface area contributed by atoms with Gasteiger partial charge in [0.1, 0.15) is 29.2 Å². The smallest absolute Gasteiger partial charge is 0.271 e. The van der Waals surface area contributed by atoms with Gasteiger partial charge in [0.15, 0.2) is 0 Å². The lowest BCUT2D eigenvalue weighted by Crippen LogP contribution is -2.33. The van der Waals surface area contributed by atoms with E-state index in [1.54, 1.807) is 25.3 Å². The monoisotopic (exact) mass is 486 g/mol. The number of pyridine rings is 1. The molecule has 1 aliphatic rings. The molecular formula is C20H23BrN8O2. The van der Waals surface area contributed by atoms with Crippen LogP contribution in [0.4, 0.5) is 11.5 Å². The molecule has 10 nitrogen and oxygen atoms in total. The number of anilines is 2. The fraction of sp³-hybridized carbons (Fsp3) is 0.350. The molecule has 0 spiro atoms. The van der Waals surface area contributed by atoms with Crippen molar-refractivity contribution in [1.29, 1.82) is 0 Å². The number of carbonyl (C=O) groups excluding carboxylic acids is 1. The topological polar surface area (TPSA) is 112 Å². The second-order valence-electron chi connectivity index (χ2n) is 7.47. The molecule has 0 aliphatic carbocycles. The highest BCUT2D eigenvalue weighted by Gasteiger charge is 2.23. The standard InChI is InChI=1S/C20H23BrN8O2/c1-28(2)5-6-29(3)20(30)16-15(21)14-17(23-10-24-18(14)27-16)25-12-7-11-8-22-9-13(11)26-19(12)31-4/h7-8,10H,5-6,9H2,1-4H3,(H2,23,24,25,27). The van der Waals surface area contributed by atoms with Crippen molar-refractivity contribution >= 4 is 50.6 Å². The SMILES string of the molecule is COc1nc2c(cc1Nc1ncnc3[nH]c(C(=O)N(C)CCN(C)C)c(Br)c13)C=NC2. The molecule has 4 rings (SSSR count). The molecule has 3 aromatic heterocycles. The zero-order valence-electron chi connectivity index (χ0n) is 17.7. The fourth-order valence-electron chi connectivity index (χ4n) is 3.26. The van der Waals surface area contributed by atoms with Crippen molar-refractivity contribution in [3.05, 3.63) is 33.8 Å². The van der Waals surface area contributed by atoms with Crippen molar-refractivity contribution in [1.82, 2.24) is 29.7 Å². The Hall–Kier alpha value is -3.05. The van der Waals surface area contributed by atoms with Crippen LogP contribution in [0.2, 0.25) is 0 Å². The van der Waals surface area contributed by atoms with Crippen LogP contribution in [0.25, 0.3) is 11.0 Å². The largest absolute Gasteiger partial charge is 0.480 e. The van der Waals surface area contributed by atoms with Gasteiger partial charge in [-0.2, -0.15) is 0 Å². The van der Waals surface area contributed by atoms with Crippen LogP contribution in [0.15, 0.2) is 21.9 Å². The van der Waals surface area contributed by atoms with Crippen molar-refractivity contribution < 1.29 is 9.53 Å². The number of amides is 1. The number of fused-ring (bicyclic) bond motifs is 2. The van der Waals surface area contributed by atoms with Gasteiger partial charge in [-0.1, -0.05) is 0 Å². The fourth-order valence-corrected chi connectivity index (χ4v) is 3.90.